The second-order valence-corrected chi connectivity index (χ2v) is 5.84. The third-order valence-corrected chi connectivity index (χ3v) is 3.60. The van der Waals surface area contributed by atoms with Gasteiger partial charge in [0.2, 0.25) is 0 Å². The number of benzene rings is 1. The largest absolute Gasteiger partial charge is 0.433 e. The Morgan fingerprint density at radius 2 is 1.81 bits per heavy atom. The fraction of sp³-hybridized carbons (Fsp3) is 0.538. The van der Waals surface area contributed by atoms with Crippen LogP contribution in [-0.4, -0.2) is 30.4 Å². The van der Waals surface area contributed by atoms with Gasteiger partial charge in [0.05, 0.1) is 11.2 Å². The summed E-state index contributed by atoms with van der Waals surface area (Å²) in [7, 11) is 1.07. The third-order valence-electron chi connectivity index (χ3n) is 3.25. The SMILES string of the molecule is CC(C)(O)C(C)(C)O[B]c1ccc(OC(F)F)c(Cl)c1F. The van der Waals surface area contributed by atoms with Crippen LogP contribution in [0, 0.1) is 5.82 Å². The number of hydrogen-bond acceptors (Lipinski definition) is 3. The molecule has 3 nitrogen and oxygen atoms in total. The molecule has 8 heteroatoms. The summed E-state index contributed by atoms with van der Waals surface area (Å²) >= 11 is 5.62. The van der Waals surface area contributed by atoms with Gasteiger partial charge in [-0.1, -0.05) is 17.7 Å². The molecular formula is C13H16BClF3O3. The van der Waals surface area contributed by atoms with Crippen LogP contribution in [-0.2, 0) is 4.65 Å². The summed E-state index contributed by atoms with van der Waals surface area (Å²) in [5.74, 6) is -1.40. The van der Waals surface area contributed by atoms with Crippen molar-refractivity contribution in [1.29, 1.82) is 0 Å². The molecule has 0 fully saturated rings. The monoisotopic (exact) mass is 323 g/mol. The number of ether oxygens (including phenoxy) is 1. The Morgan fingerprint density at radius 1 is 1.24 bits per heavy atom. The molecule has 1 radical (unpaired) electrons. The first kappa shape index (κ1) is 18.1. The minimum absolute atomic E-state index is 0.0426. The van der Waals surface area contributed by atoms with Crippen molar-refractivity contribution in [2.45, 2.75) is 45.5 Å². The van der Waals surface area contributed by atoms with E-state index in [-0.39, 0.29) is 5.46 Å². The Hall–Kier alpha value is -0.915. The molecule has 1 N–H and O–H groups in total. The van der Waals surface area contributed by atoms with Crippen molar-refractivity contribution in [3.8, 4) is 5.75 Å². The van der Waals surface area contributed by atoms with Gasteiger partial charge in [0.25, 0.3) is 0 Å². The number of alkyl halides is 2. The highest BCUT2D eigenvalue weighted by Crippen LogP contribution is 2.28. The van der Waals surface area contributed by atoms with Crippen molar-refractivity contribution in [2.24, 2.45) is 0 Å². The van der Waals surface area contributed by atoms with E-state index in [1.807, 2.05) is 0 Å². The van der Waals surface area contributed by atoms with E-state index < -0.39 is 34.4 Å². The highest BCUT2D eigenvalue weighted by Gasteiger charge is 2.36. The van der Waals surface area contributed by atoms with Crippen molar-refractivity contribution in [2.75, 3.05) is 0 Å². The Kier molecular flexibility index (Phi) is 5.58. The maximum atomic E-state index is 14.0. The quantitative estimate of drug-likeness (QED) is 0.818. The number of aliphatic hydroxyl groups is 1. The van der Waals surface area contributed by atoms with E-state index in [2.05, 4.69) is 4.74 Å². The number of hydrogen-bond donors (Lipinski definition) is 1. The molecule has 1 aromatic carbocycles. The molecule has 0 aliphatic carbocycles. The summed E-state index contributed by atoms with van der Waals surface area (Å²) in [6.45, 7) is 3.24. The Morgan fingerprint density at radius 3 is 2.29 bits per heavy atom. The Bertz CT molecular complexity index is 504. The zero-order valence-corrected chi connectivity index (χ0v) is 12.8. The van der Waals surface area contributed by atoms with Crippen LogP contribution < -0.4 is 10.2 Å². The van der Waals surface area contributed by atoms with Crippen LogP contribution in [0.2, 0.25) is 5.02 Å². The molecule has 0 saturated carbocycles. The lowest BCUT2D eigenvalue weighted by molar-refractivity contribution is -0.0893. The lowest BCUT2D eigenvalue weighted by Crippen LogP contribution is -2.49. The Balaban J connectivity index is 2.89. The van der Waals surface area contributed by atoms with E-state index in [0.29, 0.717) is 0 Å². The molecule has 0 spiro atoms. The second kappa shape index (κ2) is 6.46. The van der Waals surface area contributed by atoms with Gasteiger partial charge < -0.3 is 14.5 Å². The van der Waals surface area contributed by atoms with Crippen molar-refractivity contribution < 1.29 is 27.7 Å². The third kappa shape index (κ3) is 4.53. The molecule has 1 rings (SSSR count). The van der Waals surface area contributed by atoms with Gasteiger partial charge in [-0.05, 0) is 39.2 Å². The van der Waals surface area contributed by atoms with Gasteiger partial charge in [-0.2, -0.15) is 8.78 Å². The number of halogens is 4. The molecule has 0 aliphatic heterocycles. The van der Waals surface area contributed by atoms with E-state index in [0.717, 1.165) is 13.5 Å². The molecule has 0 bridgehead atoms. The summed E-state index contributed by atoms with van der Waals surface area (Å²) in [4.78, 5) is 0. The van der Waals surface area contributed by atoms with E-state index in [4.69, 9.17) is 16.3 Å². The van der Waals surface area contributed by atoms with Crippen molar-refractivity contribution >= 4 is 24.5 Å². The predicted octanol–water partition coefficient (Wildman–Crippen LogP) is 2.89. The molecule has 0 saturated heterocycles. The van der Waals surface area contributed by atoms with Gasteiger partial charge in [-0.15, -0.1) is 0 Å². The topological polar surface area (TPSA) is 38.7 Å². The standard InChI is InChI=1S/C13H16BClF3O3/c1-12(2,19)13(3,4)21-14-7-5-6-8(20-11(17)18)9(15)10(7)16/h5-6,11,19H,1-4H3. The van der Waals surface area contributed by atoms with Gasteiger partial charge in [-0.25, -0.2) is 4.39 Å². The molecular weight excluding hydrogens is 307 g/mol. The zero-order chi connectivity index (χ0) is 16.4. The predicted molar refractivity (Wildman–Crippen MR) is 74.9 cm³/mol. The smallest absolute Gasteiger partial charge is 0.387 e. The van der Waals surface area contributed by atoms with Crippen molar-refractivity contribution in [1.82, 2.24) is 0 Å². The summed E-state index contributed by atoms with van der Waals surface area (Å²) in [5.41, 5.74) is -2.22. The lowest BCUT2D eigenvalue weighted by Gasteiger charge is -2.37. The normalized spacial score (nSPS) is 12.7. The van der Waals surface area contributed by atoms with Crippen LogP contribution in [0.3, 0.4) is 0 Å². The Labute approximate surface area is 127 Å². The average molecular weight is 324 g/mol. The maximum absolute atomic E-state index is 14.0. The number of rotatable bonds is 6. The summed E-state index contributed by atoms with van der Waals surface area (Å²) in [5, 5.41) is 9.36. The molecule has 0 aliphatic rings. The van der Waals surface area contributed by atoms with E-state index in [1.54, 1.807) is 27.7 Å². The first-order chi connectivity index (χ1) is 9.45. The highest BCUT2D eigenvalue weighted by molar-refractivity contribution is 6.48. The minimum atomic E-state index is -3.10. The second-order valence-electron chi connectivity index (χ2n) is 5.46. The summed E-state index contributed by atoms with van der Waals surface area (Å²) in [6.07, 6.45) is 0. The van der Waals surface area contributed by atoms with Crippen LogP contribution in [0.5, 0.6) is 5.75 Å². The van der Waals surface area contributed by atoms with Crippen LogP contribution in [0.1, 0.15) is 27.7 Å². The van der Waals surface area contributed by atoms with Crippen LogP contribution in [0.25, 0.3) is 0 Å². The van der Waals surface area contributed by atoms with Gasteiger partial charge in [0.15, 0.2) is 0 Å². The molecule has 0 atom stereocenters. The van der Waals surface area contributed by atoms with E-state index in [1.165, 1.54) is 6.07 Å². The van der Waals surface area contributed by atoms with Crippen LogP contribution in [0.15, 0.2) is 12.1 Å². The highest BCUT2D eigenvalue weighted by atomic mass is 35.5. The van der Waals surface area contributed by atoms with E-state index >= 15 is 0 Å². The fourth-order valence-corrected chi connectivity index (χ4v) is 1.40. The summed E-state index contributed by atoms with van der Waals surface area (Å²) in [6, 6.07) is 2.31. The molecule has 1 aromatic rings. The lowest BCUT2D eigenvalue weighted by atomic mass is 9.82. The van der Waals surface area contributed by atoms with Gasteiger partial charge in [-0.3, -0.25) is 0 Å². The molecule has 0 aromatic heterocycles. The zero-order valence-electron chi connectivity index (χ0n) is 12.1. The van der Waals surface area contributed by atoms with E-state index in [9.17, 15) is 18.3 Å². The minimum Gasteiger partial charge on any atom is -0.433 e. The molecule has 0 heterocycles. The first-order valence-electron chi connectivity index (χ1n) is 6.12. The van der Waals surface area contributed by atoms with Crippen LogP contribution >= 0.6 is 11.6 Å². The molecule has 0 unspecified atom stereocenters. The van der Waals surface area contributed by atoms with Crippen molar-refractivity contribution in [3.05, 3.63) is 23.0 Å². The molecule has 117 valence electrons. The maximum Gasteiger partial charge on any atom is 0.387 e. The van der Waals surface area contributed by atoms with Gasteiger partial charge in [0, 0.05) is 0 Å². The van der Waals surface area contributed by atoms with Crippen molar-refractivity contribution in [3.63, 3.8) is 0 Å². The fourth-order valence-electron chi connectivity index (χ4n) is 1.18. The van der Waals surface area contributed by atoms with Crippen LogP contribution in [0.4, 0.5) is 13.2 Å². The average Bonchev–Trinajstić information content (AvgIpc) is 2.32. The first-order valence-corrected chi connectivity index (χ1v) is 6.49. The van der Waals surface area contributed by atoms with Gasteiger partial charge in [0.1, 0.15) is 16.6 Å². The summed E-state index contributed by atoms with van der Waals surface area (Å²) < 4.78 is 47.6. The molecule has 0 amide bonds. The molecule has 21 heavy (non-hydrogen) atoms. The van der Waals surface area contributed by atoms with Gasteiger partial charge >= 0.3 is 14.1 Å².